The van der Waals surface area contributed by atoms with Crippen LogP contribution in [0.15, 0.2) is 121 Å². The van der Waals surface area contributed by atoms with Crippen LogP contribution in [0.4, 0.5) is 52.7 Å². The molecule has 5 radical (unpaired) electrons. The first-order valence-electron chi connectivity index (χ1n) is 16.4. The third kappa shape index (κ3) is 9.07. The van der Waals surface area contributed by atoms with Gasteiger partial charge in [0.15, 0.2) is 0 Å². The molecule has 1 saturated carbocycles. The molecule has 1 aliphatic carbocycles. The van der Waals surface area contributed by atoms with E-state index in [0.717, 1.165) is 15.9 Å². The quantitative estimate of drug-likeness (QED) is 0.108. The van der Waals surface area contributed by atoms with Gasteiger partial charge in [0.05, 0.1) is 22.3 Å². The summed E-state index contributed by atoms with van der Waals surface area (Å²) in [7, 11) is -4.10. The Morgan fingerprint density at radius 1 is 0.436 bits per heavy atom. The van der Waals surface area contributed by atoms with Gasteiger partial charge in [-0.15, -0.1) is 0 Å². The fourth-order valence-electron chi connectivity index (χ4n) is 6.41. The maximum Gasteiger partial charge on any atom is 0.416 e. The Hall–Kier alpha value is -3.88. The van der Waals surface area contributed by atoms with Gasteiger partial charge in [0.2, 0.25) is 0 Å². The summed E-state index contributed by atoms with van der Waals surface area (Å²) < 4.78 is 170. The third-order valence-corrected chi connectivity index (χ3v) is 14.0. The summed E-state index contributed by atoms with van der Waals surface area (Å²) in [6.07, 6.45) is -16.5. The lowest BCUT2D eigenvalue weighted by molar-refractivity contribution is -0.144. The van der Waals surface area contributed by atoms with Crippen molar-refractivity contribution >= 4 is 42.4 Å². The maximum atomic E-state index is 14.1. The van der Waals surface area contributed by atoms with Crippen molar-refractivity contribution < 1.29 is 52.7 Å². The first-order valence-corrected chi connectivity index (χ1v) is 19.1. The van der Waals surface area contributed by atoms with E-state index in [1.807, 2.05) is 72.8 Å². The van der Waals surface area contributed by atoms with Crippen LogP contribution in [-0.4, -0.2) is 5.66 Å². The molecule has 1 aliphatic rings. The van der Waals surface area contributed by atoms with Crippen molar-refractivity contribution in [1.82, 2.24) is 0 Å². The number of halogens is 12. The number of hydrogen-bond acceptors (Lipinski definition) is 0. The summed E-state index contributed by atoms with van der Waals surface area (Å²) in [6.45, 7) is 1.39. The highest BCUT2D eigenvalue weighted by atomic mass is 31.1. The Labute approximate surface area is 312 Å². The van der Waals surface area contributed by atoms with Crippen LogP contribution in [0.2, 0.25) is 0 Å². The van der Waals surface area contributed by atoms with E-state index in [1.165, 1.54) is 13.3 Å². The van der Waals surface area contributed by atoms with E-state index in [-0.39, 0.29) is 12.1 Å². The monoisotopic (exact) mass is 809 g/mol. The minimum atomic E-state index is -5.33. The van der Waals surface area contributed by atoms with Crippen LogP contribution in [0.5, 0.6) is 0 Å². The van der Waals surface area contributed by atoms with E-state index in [2.05, 4.69) is 0 Å². The van der Waals surface area contributed by atoms with Crippen molar-refractivity contribution in [2.24, 2.45) is 0 Å². The second kappa shape index (κ2) is 15.6. The van der Waals surface area contributed by atoms with Crippen molar-refractivity contribution in [1.29, 1.82) is 0 Å². The molecule has 1 atom stereocenters. The molecule has 0 bridgehead atoms. The molecule has 5 aromatic rings. The second-order valence-electron chi connectivity index (χ2n) is 12.5. The van der Waals surface area contributed by atoms with Gasteiger partial charge in [0, 0.05) is 5.92 Å². The van der Waals surface area contributed by atoms with Gasteiger partial charge in [-0.3, -0.25) is 0 Å². The maximum absolute atomic E-state index is 14.1. The smallest absolute Gasteiger partial charge is 0.166 e. The summed E-state index contributed by atoms with van der Waals surface area (Å²) in [5.74, 6) is 0.785. The van der Waals surface area contributed by atoms with Gasteiger partial charge >= 0.3 is 24.7 Å². The lowest BCUT2D eigenvalue weighted by Crippen LogP contribution is -2.31. The van der Waals surface area contributed by atoms with Crippen LogP contribution in [0.1, 0.15) is 34.7 Å². The Morgan fingerprint density at radius 3 is 1.22 bits per heavy atom. The summed E-state index contributed by atoms with van der Waals surface area (Å²) >= 11 is 0. The predicted octanol–water partition coefficient (Wildman–Crippen LogP) is 11.2. The normalized spacial score (nSPS) is 15.6. The summed E-state index contributed by atoms with van der Waals surface area (Å²) in [5.41, 5.74) is -7.56. The fourth-order valence-corrected chi connectivity index (χ4v) is 11.7. The minimum Gasteiger partial charge on any atom is -0.166 e. The zero-order valence-electron chi connectivity index (χ0n) is 28.3. The molecule has 0 N–H and O–H groups in total. The first-order chi connectivity index (χ1) is 25.7. The zero-order chi connectivity index (χ0) is 39.9. The molecule has 0 saturated heterocycles. The van der Waals surface area contributed by atoms with Crippen molar-refractivity contribution in [3.8, 4) is 0 Å². The Kier molecular flexibility index (Phi) is 11.5. The van der Waals surface area contributed by atoms with Gasteiger partial charge in [-0.25, -0.2) is 0 Å². The van der Waals surface area contributed by atoms with E-state index >= 15 is 0 Å². The van der Waals surface area contributed by atoms with Gasteiger partial charge in [-0.05, 0) is 115 Å². The highest BCUT2D eigenvalue weighted by Crippen LogP contribution is 2.54. The van der Waals surface area contributed by atoms with E-state index in [0.29, 0.717) is 41.7 Å². The highest BCUT2D eigenvalue weighted by Gasteiger charge is 2.44. The molecule has 1 fully saturated rings. The Balaban J connectivity index is 1.56. The number of rotatable bonds is 8. The molecule has 55 heavy (non-hydrogen) atoms. The summed E-state index contributed by atoms with van der Waals surface area (Å²) in [6, 6.07) is 27.4. The lowest BCUT2D eigenvalue weighted by atomic mass is 9.87. The molecule has 0 heterocycles. The average molecular weight is 810 g/mol. The van der Waals surface area contributed by atoms with Gasteiger partial charge in [-0.2, -0.15) is 52.7 Å². The van der Waals surface area contributed by atoms with E-state index < -0.39 is 79.1 Å². The lowest BCUT2D eigenvalue weighted by Gasteiger charge is -2.35. The topological polar surface area (TPSA) is 0 Å². The number of alkyl halides is 12. The molecular formula is C41H27F12P2. The minimum absolute atomic E-state index is 0.130. The second-order valence-corrected chi connectivity index (χ2v) is 17.2. The van der Waals surface area contributed by atoms with Crippen molar-refractivity contribution in [3.63, 3.8) is 0 Å². The SMILES string of the molecule is C[C@H]([C]1[CH][CH][CH][C]1c1ccccc1P(c1ccccc1)c1ccccc1)P(c1cc(C(F)(F)F)cc(C(F)(F)F)c1)c1cc(C(F)(F)F)cc(C(F)(F)F)c1. The van der Waals surface area contributed by atoms with Crippen LogP contribution in [0.3, 0.4) is 0 Å². The molecule has 6 rings (SSSR count). The zero-order valence-corrected chi connectivity index (χ0v) is 30.1. The van der Waals surface area contributed by atoms with Crippen LogP contribution in [0, 0.1) is 31.1 Å². The fraction of sp³-hybridized carbons (Fsp3) is 0.146. The highest BCUT2D eigenvalue weighted by molar-refractivity contribution is 7.80. The molecule has 0 spiro atoms. The van der Waals surface area contributed by atoms with Crippen molar-refractivity contribution in [2.45, 2.75) is 37.3 Å². The molecule has 285 valence electrons. The third-order valence-electron chi connectivity index (χ3n) is 8.85. The van der Waals surface area contributed by atoms with Gasteiger partial charge in [-0.1, -0.05) is 91.9 Å². The van der Waals surface area contributed by atoms with Crippen molar-refractivity contribution in [3.05, 3.63) is 180 Å². The standard InChI is InChI=1S/C41H27F12P2/c1-25(34-16-10-17-35(34)36-15-8-9-18-37(36)55(30-11-4-2-5-12-30)31-13-6-3-7-14-31)54(32-21-26(38(42,43)44)19-27(22-32)39(45,46)47)33-23-28(40(48,49)50)20-29(24-33)41(51,52)53/h2-25H,1H3/t25-/m1/s1. The first kappa shape index (κ1) is 40.8. The van der Waals surface area contributed by atoms with Crippen LogP contribution in [0.25, 0.3) is 0 Å². The van der Waals surface area contributed by atoms with E-state index in [9.17, 15) is 52.7 Å². The molecule has 14 heteroatoms. The van der Waals surface area contributed by atoms with Gasteiger partial charge < -0.3 is 0 Å². The van der Waals surface area contributed by atoms with Crippen LogP contribution >= 0.6 is 15.8 Å². The average Bonchev–Trinajstić information content (AvgIpc) is 3.61. The largest absolute Gasteiger partial charge is 0.416 e. The molecule has 0 aliphatic heterocycles. The van der Waals surface area contributed by atoms with Gasteiger partial charge in [0.1, 0.15) is 0 Å². The van der Waals surface area contributed by atoms with E-state index in [4.69, 9.17) is 0 Å². The van der Waals surface area contributed by atoms with Gasteiger partial charge in [0.25, 0.3) is 0 Å². The molecule has 0 nitrogen and oxygen atoms in total. The summed E-state index contributed by atoms with van der Waals surface area (Å²) in [4.78, 5) is 0. The number of hydrogen-bond donors (Lipinski definition) is 0. The molecule has 0 unspecified atom stereocenters. The Bertz CT molecular complexity index is 1910. The van der Waals surface area contributed by atoms with Crippen LogP contribution < -0.4 is 26.5 Å². The molecular weight excluding hydrogens is 782 g/mol. The number of benzene rings is 5. The summed E-state index contributed by atoms with van der Waals surface area (Å²) in [5, 5.41) is 1.32. The van der Waals surface area contributed by atoms with E-state index in [1.54, 1.807) is 25.0 Å². The predicted molar refractivity (Wildman–Crippen MR) is 192 cm³/mol. The van der Waals surface area contributed by atoms with Crippen LogP contribution in [-0.2, 0) is 24.7 Å². The molecule has 0 amide bonds. The molecule has 0 aromatic heterocycles. The van der Waals surface area contributed by atoms with Crippen molar-refractivity contribution in [2.75, 3.05) is 0 Å². The Morgan fingerprint density at radius 2 is 0.818 bits per heavy atom. The molecule has 5 aromatic carbocycles.